The maximum Gasteiger partial charge on any atom is 0.279 e. The molecule has 2 heterocycles. The van der Waals surface area contributed by atoms with Crippen molar-refractivity contribution in [2.45, 2.75) is 32.9 Å². The normalized spacial score (nSPS) is 10.9. The molecule has 32 heavy (non-hydrogen) atoms. The molecule has 7 nitrogen and oxygen atoms in total. The highest BCUT2D eigenvalue weighted by Gasteiger charge is 2.18. The number of nitrogens with one attached hydrogen (secondary N) is 1. The summed E-state index contributed by atoms with van der Waals surface area (Å²) < 4.78 is 3.24. The van der Waals surface area contributed by atoms with Crippen molar-refractivity contribution in [2.24, 2.45) is 0 Å². The lowest BCUT2D eigenvalue weighted by molar-refractivity contribution is -0.121. The third kappa shape index (κ3) is 4.37. The van der Waals surface area contributed by atoms with Crippen LogP contribution in [0, 0.1) is 6.92 Å². The first kappa shape index (κ1) is 21.2. The number of hydrogen-bond acceptors (Lipinski definition) is 4. The van der Waals surface area contributed by atoms with E-state index in [0.29, 0.717) is 36.7 Å². The molecule has 0 fully saturated rings. The van der Waals surface area contributed by atoms with Crippen molar-refractivity contribution in [2.75, 3.05) is 0 Å². The number of amides is 1. The second-order valence-electron chi connectivity index (χ2n) is 7.54. The van der Waals surface area contributed by atoms with Gasteiger partial charge in [-0.2, -0.15) is 9.50 Å². The summed E-state index contributed by atoms with van der Waals surface area (Å²) in [5.41, 5.74) is 2.94. The second-order valence-corrected chi connectivity index (χ2v) is 7.54. The van der Waals surface area contributed by atoms with Crippen LogP contribution in [0.5, 0.6) is 0 Å². The fourth-order valence-electron chi connectivity index (χ4n) is 3.68. The van der Waals surface area contributed by atoms with Crippen molar-refractivity contribution in [3.8, 4) is 11.4 Å². The molecular formula is C25H25N5O2. The molecule has 0 spiro atoms. The lowest BCUT2D eigenvalue weighted by Gasteiger charge is -2.14. The average molecular weight is 428 g/mol. The van der Waals surface area contributed by atoms with Gasteiger partial charge in [0.2, 0.25) is 11.7 Å². The number of hydrogen-bond donors (Lipinski definition) is 1. The zero-order chi connectivity index (χ0) is 22.5. The molecule has 1 amide bonds. The number of benzene rings is 2. The van der Waals surface area contributed by atoms with Gasteiger partial charge in [0.1, 0.15) is 0 Å². The minimum absolute atomic E-state index is 0.105. The van der Waals surface area contributed by atoms with Gasteiger partial charge in [0, 0.05) is 36.3 Å². The first-order chi connectivity index (χ1) is 15.6. The fraction of sp³-hybridized carbons (Fsp3) is 0.200. The van der Waals surface area contributed by atoms with Gasteiger partial charge in [-0.1, -0.05) is 66.7 Å². The monoisotopic (exact) mass is 427 g/mol. The highest BCUT2D eigenvalue weighted by Crippen LogP contribution is 2.17. The molecule has 0 saturated heterocycles. The Morgan fingerprint density at radius 1 is 1.09 bits per heavy atom. The van der Waals surface area contributed by atoms with E-state index in [1.807, 2.05) is 72.2 Å². The molecule has 0 unspecified atom stereocenters. The lowest BCUT2D eigenvalue weighted by Crippen LogP contribution is -2.28. The molecular weight excluding hydrogens is 402 g/mol. The van der Waals surface area contributed by atoms with E-state index in [2.05, 4.69) is 22.0 Å². The van der Waals surface area contributed by atoms with Gasteiger partial charge < -0.3 is 9.88 Å². The number of rotatable bonds is 8. The summed E-state index contributed by atoms with van der Waals surface area (Å²) in [5, 5.41) is 7.38. The van der Waals surface area contributed by atoms with E-state index < -0.39 is 0 Å². The smallest absolute Gasteiger partial charge is 0.279 e. The van der Waals surface area contributed by atoms with E-state index in [9.17, 15) is 9.59 Å². The Labute approximate surface area is 186 Å². The molecule has 0 bridgehead atoms. The first-order valence-electron chi connectivity index (χ1n) is 10.5. The second kappa shape index (κ2) is 9.43. The van der Waals surface area contributed by atoms with Gasteiger partial charge in [0.15, 0.2) is 5.82 Å². The van der Waals surface area contributed by atoms with Crippen molar-refractivity contribution in [3.05, 3.63) is 100 Å². The third-order valence-electron chi connectivity index (χ3n) is 5.40. The van der Waals surface area contributed by atoms with Gasteiger partial charge >= 0.3 is 0 Å². The molecule has 162 valence electrons. The predicted octanol–water partition coefficient (Wildman–Crippen LogP) is 3.30. The summed E-state index contributed by atoms with van der Waals surface area (Å²) >= 11 is 0. The zero-order valence-electron chi connectivity index (χ0n) is 18.0. The Balaban J connectivity index is 1.61. The number of fused-ring (bicyclic) bond motifs is 1. The van der Waals surface area contributed by atoms with Crippen LogP contribution in [-0.4, -0.2) is 25.1 Å². The topological polar surface area (TPSA) is 81.3 Å². The van der Waals surface area contributed by atoms with E-state index in [-0.39, 0.29) is 17.9 Å². The lowest BCUT2D eigenvalue weighted by atomic mass is 10.1. The van der Waals surface area contributed by atoms with Gasteiger partial charge in [-0.15, -0.1) is 11.7 Å². The van der Waals surface area contributed by atoms with Gasteiger partial charge in [-0.05, 0) is 18.9 Å². The highest BCUT2D eigenvalue weighted by molar-refractivity contribution is 5.76. The number of carbonyl (C=O) groups excluding carboxylic acids is 1. The van der Waals surface area contributed by atoms with Crippen LogP contribution in [0.1, 0.15) is 23.2 Å². The minimum atomic E-state index is -0.247. The summed E-state index contributed by atoms with van der Waals surface area (Å²) in [7, 11) is 0. The van der Waals surface area contributed by atoms with E-state index in [1.54, 1.807) is 6.08 Å². The quantitative estimate of drug-likeness (QED) is 0.438. The molecule has 0 aliphatic rings. The maximum atomic E-state index is 13.2. The van der Waals surface area contributed by atoms with Crippen molar-refractivity contribution in [3.63, 3.8) is 0 Å². The van der Waals surface area contributed by atoms with Crippen LogP contribution >= 0.6 is 0 Å². The molecule has 0 aliphatic heterocycles. The van der Waals surface area contributed by atoms with Crippen LogP contribution in [-0.2, 0) is 24.3 Å². The summed E-state index contributed by atoms with van der Waals surface area (Å²) in [6.45, 7) is 6.64. The number of allylic oxidation sites excluding steroid dienone is 1. The van der Waals surface area contributed by atoms with E-state index in [0.717, 1.165) is 16.8 Å². The molecule has 2 aromatic carbocycles. The van der Waals surface area contributed by atoms with E-state index >= 15 is 0 Å². The zero-order valence-corrected chi connectivity index (χ0v) is 18.0. The standard InChI is InChI=1S/C25H25N5O2/c1-3-16-29-18(2)21(14-15-22(31)26-17-19-10-6-4-7-11-19)24(32)30-25(29)27-23(28-30)20-12-8-5-9-13-20/h3-13H,1,14-17H2,2H3,(H,26,31). The molecule has 1 N–H and O–H groups in total. The molecule has 0 aliphatic carbocycles. The van der Waals surface area contributed by atoms with Crippen molar-refractivity contribution in [1.29, 1.82) is 0 Å². The van der Waals surface area contributed by atoms with E-state index in [1.165, 1.54) is 4.52 Å². The molecule has 0 radical (unpaired) electrons. The van der Waals surface area contributed by atoms with E-state index in [4.69, 9.17) is 0 Å². The highest BCUT2D eigenvalue weighted by atomic mass is 16.1. The van der Waals surface area contributed by atoms with Gasteiger partial charge in [0.25, 0.3) is 5.56 Å². The molecule has 0 saturated carbocycles. The molecule has 4 rings (SSSR count). The SMILES string of the molecule is C=CCn1c(C)c(CCC(=O)NCc2ccccc2)c(=O)n2nc(-c3ccccc3)nc12. The van der Waals surface area contributed by atoms with Crippen LogP contribution in [0.3, 0.4) is 0 Å². The Hall–Kier alpha value is -4.00. The molecule has 2 aromatic heterocycles. The molecule has 0 atom stereocenters. The van der Waals surface area contributed by atoms with Crippen molar-refractivity contribution >= 4 is 11.7 Å². The molecule has 4 aromatic rings. The van der Waals surface area contributed by atoms with Crippen LogP contribution < -0.4 is 10.9 Å². The third-order valence-corrected chi connectivity index (χ3v) is 5.40. The minimum Gasteiger partial charge on any atom is -0.352 e. The van der Waals surface area contributed by atoms with Crippen LogP contribution in [0.2, 0.25) is 0 Å². The summed E-state index contributed by atoms with van der Waals surface area (Å²) in [4.78, 5) is 30.2. The summed E-state index contributed by atoms with van der Waals surface area (Å²) in [6, 6.07) is 19.3. The Kier molecular flexibility index (Phi) is 6.26. The number of carbonyl (C=O) groups is 1. The number of nitrogens with zero attached hydrogens (tertiary/aromatic N) is 4. The Morgan fingerprint density at radius 3 is 2.47 bits per heavy atom. The summed E-state index contributed by atoms with van der Waals surface area (Å²) in [5.74, 6) is 0.841. The largest absolute Gasteiger partial charge is 0.352 e. The van der Waals surface area contributed by atoms with Gasteiger partial charge in [-0.25, -0.2) is 0 Å². The summed E-state index contributed by atoms with van der Waals surface area (Å²) in [6.07, 6.45) is 2.28. The maximum absolute atomic E-state index is 13.2. The fourth-order valence-corrected chi connectivity index (χ4v) is 3.68. The molecule has 7 heteroatoms. The number of aromatic nitrogens is 4. The van der Waals surface area contributed by atoms with Gasteiger partial charge in [-0.3, -0.25) is 9.59 Å². The van der Waals surface area contributed by atoms with Crippen molar-refractivity contribution in [1.82, 2.24) is 24.5 Å². The van der Waals surface area contributed by atoms with Gasteiger partial charge in [0.05, 0.1) is 0 Å². The Morgan fingerprint density at radius 2 is 1.78 bits per heavy atom. The van der Waals surface area contributed by atoms with Crippen molar-refractivity contribution < 1.29 is 4.79 Å². The average Bonchev–Trinajstić information content (AvgIpc) is 3.27. The van der Waals surface area contributed by atoms with Crippen LogP contribution in [0.25, 0.3) is 17.2 Å². The Bertz CT molecular complexity index is 1310. The van der Waals surface area contributed by atoms with Crippen LogP contribution in [0.15, 0.2) is 78.1 Å². The predicted molar refractivity (Wildman–Crippen MR) is 124 cm³/mol. The first-order valence-corrected chi connectivity index (χ1v) is 10.5. The van der Waals surface area contributed by atoms with Crippen LogP contribution in [0.4, 0.5) is 0 Å².